The second-order valence-electron chi connectivity index (χ2n) is 6.35. The lowest BCUT2D eigenvalue weighted by atomic mass is 9.79. The zero-order chi connectivity index (χ0) is 15.6. The molecule has 3 N–H and O–H groups in total. The summed E-state index contributed by atoms with van der Waals surface area (Å²) >= 11 is 0. The van der Waals surface area contributed by atoms with Gasteiger partial charge in [0.2, 0.25) is 5.91 Å². The standard InChI is InChI=1S/C15H23N3O3.ClH/c1-10(17-13(19)11-5-7-21-8-11)14(20)18-6-4-12(16)15(2,3)9-18;/h5,7-8,10,12H,4,6,9,16H2,1-3H3,(H,17,19);1H. The molecule has 0 saturated carbocycles. The second kappa shape index (κ2) is 7.15. The van der Waals surface area contributed by atoms with Crippen LogP contribution >= 0.6 is 12.4 Å². The topological polar surface area (TPSA) is 88.6 Å². The Kier molecular flexibility index (Phi) is 6.02. The van der Waals surface area contributed by atoms with Crippen LogP contribution in [0.2, 0.25) is 0 Å². The van der Waals surface area contributed by atoms with Crippen molar-refractivity contribution in [2.75, 3.05) is 13.1 Å². The molecule has 0 radical (unpaired) electrons. The molecule has 0 aromatic carbocycles. The van der Waals surface area contributed by atoms with Crippen LogP contribution in [-0.2, 0) is 4.79 Å². The van der Waals surface area contributed by atoms with Gasteiger partial charge in [-0.15, -0.1) is 12.4 Å². The number of carbonyl (C=O) groups is 2. The number of hydrogen-bond donors (Lipinski definition) is 2. The van der Waals surface area contributed by atoms with E-state index in [0.29, 0.717) is 18.7 Å². The van der Waals surface area contributed by atoms with Gasteiger partial charge in [0.25, 0.3) is 5.91 Å². The molecule has 0 aliphatic carbocycles. The molecule has 124 valence electrons. The number of halogens is 1. The molecule has 7 heteroatoms. The maximum atomic E-state index is 12.4. The summed E-state index contributed by atoms with van der Waals surface area (Å²) in [4.78, 5) is 26.1. The number of nitrogens with zero attached hydrogens (tertiary/aromatic N) is 1. The third kappa shape index (κ3) is 4.01. The van der Waals surface area contributed by atoms with E-state index in [4.69, 9.17) is 10.2 Å². The Hall–Kier alpha value is -1.53. The van der Waals surface area contributed by atoms with Crippen LogP contribution in [-0.4, -0.2) is 41.9 Å². The molecule has 1 aliphatic heterocycles. The van der Waals surface area contributed by atoms with Gasteiger partial charge < -0.3 is 20.4 Å². The van der Waals surface area contributed by atoms with E-state index in [-0.39, 0.29) is 35.7 Å². The van der Waals surface area contributed by atoms with Crippen LogP contribution in [0.1, 0.15) is 37.6 Å². The average molecular weight is 330 g/mol. The first-order valence-electron chi connectivity index (χ1n) is 7.18. The Morgan fingerprint density at radius 3 is 2.73 bits per heavy atom. The molecule has 1 aliphatic rings. The molecule has 2 atom stereocenters. The minimum Gasteiger partial charge on any atom is -0.472 e. The summed E-state index contributed by atoms with van der Waals surface area (Å²) in [5.74, 6) is -0.385. The maximum absolute atomic E-state index is 12.4. The van der Waals surface area contributed by atoms with Gasteiger partial charge in [-0.3, -0.25) is 9.59 Å². The summed E-state index contributed by atoms with van der Waals surface area (Å²) < 4.78 is 4.86. The highest BCUT2D eigenvalue weighted by atomic mass is 35.5. The van der Waals surface area contributed by atoms with E-state index in [1.54, 1.807) is 17.9 Å². The molecule has 6 nitrogen and oxygen atoms in total. The first-order chi connectivity index (χ1) is 9.81. The van der Waals surface area contributed by atoms with Crippen LogP contribution in [0, 0.1) is 5.41 Å². The smallest absolute Gasteiger partial charge is 0.255 e. The molecule has 1 saturated heterocycles. The van der Waals surface area contributed by atoms with E-state index in [1.165, 1.54) is 12.5 Å². The van der Waals surface area contributed by atoms with Crippen molar-refractivity contribution in [3.8, 4) is 0 Å². The summed E-state index contributed by atoms with van der Waals surface area (Å²) in [5, 5.41) is 2.70. The predicted octanol–water partition coefficient (Wildman–Crippen LogP) is 1.41. The summed E-state index contributed by atoms with van der Waals surface area (Å²) in [5.41, 5.74) is 6.38. The highest BCUT2D eigenvalue weighted by molar-refractivity contribution is 5.97. The Morgan fingerprint density at radius 1 is 1.50 bits per heavy atom. The minimum atomic E-state index is -0.572. The number of hydrogen-bond acceptors (Lipinski definition) is 4. The number of nitrogens with two attached hydrogens (primary N) is 1. The van der Waals surface area contributed by atoms with Gasteiger partial charge in [0, 0.05) is 19.1 Å². The Bertz CT molecular complexity index is 516. The number of furan rings is 1. The van der Waals surface area contributed by atoms with Gasteiger partial charge in [-0.25, -0.2) is 0 Å². The molecule has 0 bridgehead atoms. The number of rotatable bonds is 3. The highest BCUT2D eigenvalue weighted by Gasteiger charge is 2.36. The molecular weight excluding hydrogens is 306 g/mol. The van der Waals surface area contributed by atoms with E-state index >= 15 is 0 Å². The van der Waals surface area contributed by atoms with Gasteiger partial charge in [-0.05, 0) is 24.8 Å². The minimum absolute atomic E-state index is 0. The van der Waals surface area contributed by atoms with Crippen LogP contribution in [0.25, 0.3) is 0 Å². The first kappa shape index (κ1) is 18.5. The van der Waals surface area contributed by atoms with Gasteiger partial charge in [0.1, 0.15) is 12.3 Å². The van der Waals surface area contributed by atoms with Gasteiger partial charge >= 0.3 is 0 Å². The van der Waals surface area contributed by atoms with Crippen LogP contribution in [0.15, 0.2) is 23.0 Å². The quantitative estimate of drug-likeness (QED) is 0.877. The number of carbonyl (C=O) groups excluding carboxylic acids is 2. The molecular formula is C15H24ClN3O3. The summed E-state index contributed by atoms with van der Waals surface area (Å²) in [6.45, 7) is 7.06. The van der Waals surface area contributed by atoms with Crippen LogP contribution in [0.5, 0.6) is 0 Å². The van der Waals surface area contributed by atoms with Crippen molar-refractivity contribution in [2.24, 2.45) is 11.1 Å². The molecule has 1 fully saturated rings. The normalized spacial score (nSPS) is 21.6. The van der Waals surface area contributed by atoms with E-state index in [9.17, 15) is 9.59 Å². The van der Waals surface area contributed by atoms with Crippen LogP contribution < -0.4 is 11.1 Å². The van der Waals surface area contributed by atoms with E-state index in [0.717, 1.165) is 6.42 Å². The monoisotopic (exact) mass is 329 g/mol. The van der Waals surface area contributed by atoms with E-state index in [2.05, 4.69) is 19.2 Å². The van der Waals surface area contributed by atoms with Crippen LogP contribution in [0.4, 0.5) is 0 Å². The highest BCUT2D eigenvalue weighted by Crippen LogP contribution is 2.27. The summed E-state index contributed by atoms with van der Waals surface area (Å²) in [7, 11) is 0. The average Bonchev–Trinajstić information content (AvgIpc) is 2.95. The third-order valence-electron chi connectivity index (χ3n) is 4.13. The molecule has 1 aromatic heterocycles. The fourth-order valence-electron chi connectivity index (χ4n) is 2.57. The number of piperidine rings is 1. The van der Waals surface area contributed by atoms with Crippen molar-refractivity contribution in [1.29, 1.82) is 0 Å². The molecule has 1 aromatic rings. The van der Waals surface area contributed by atoms with Gasteiger partial charge in [-0.1, -0.05) is 13.8 Å². The summed E-state index contributed by atoms with van der Waals surface area (Å²) in [6, 6.07) is 1.09. The Labute approximate surface area is 136 Å². The molecule has 22 heavy (non-hydrogen) atoms. The fourth-order valence-corrected chi connectivity index (χ4v) is 2.57. The lowest BCUT2D eigenvalue weighted by molar-refractivity contribution is -0.136. The maximum Gasteiger partial charge on any atom is 0.255 e. The predicted molar refractivity (Wildman–Crippen MR) is 85.8 cm³/mol. The fraction of sp³-hybridized carbons (Fsp3) is 0.600. The lowest BCUT2D eigenvalue weighted by Crippen LogP contribution is -2.57. The number of likely N-dealkylation sites (tertiary alicyclic amines) is 1. The number of nitrogens with one attached hydrogen (secondary N) is 1. The zero-order valence-electron chi connectivity index (χ0n) is 13.2. The second-order valence-corrected chi connectivity index (χ2v) is 6.35. The van der Waals surface area contributed by atoms with Crippen molar-refractivity contribution in [3.05, 3.63) is 24.2 Å². The van der Waals surface area contributed by atoms with Crippen molar-refractivity contribution >= 4 is 24.2 Å². The van der Waals surface area contributed by atoms with Crippen molar-refractivity contribution in [3.63, 3.8) is 0 Å². The van der Waals surface area contributed by atoms with Gasteiger partial charge in [0.15, 0.2) is 0 Å². The molecule has 2 unspecified atom stereocenters. The Morgan fingerprint density at radius 2 is 2.18 bits per heavy atom. The third-order valence-corrected chi connectivity index (χ3v) is 4.13. The lowest BCUT2D eigenvalue weighted by Gasteiger charge is -2.43. The zero-order valence-corrected chi connectivity index (χ0v) is 14.0. The molecule has 0 spiro atoms. The van der Waals surface area contributed by atoms with Crippen molar-refractivity contribution in [1.82, 2.24) is 10.2 Å². The number of amides is 2. The van der Waals surface area contributed by atoms with Gasteiger partial charge in [0.05, 0.1) is 11.8 Å². The molecule has 2 amide bonds. The summed E-state index contributed by atoms with van der Waals surface area (Å²) in [6.07, 6.45) is 3.56. The van der Waals surface area contributed by atoms with E-state index < -0.39 is 6.04 Å². The first-order valence-corrected chi connectivity index (χ1v) is 7.18. The molecule has 2 heterocycles. The molecule has 2 rings (SSSR count). The van der Waals surface area contributed by atoms with Crippen LogP contribution in [0.3, 0.4) is 0 Å². The Balaban J connectivity index is 0.00000242. The van der Waals surface area contributed by atoms with Gasteiger partial charge in [-0.2, -0.15) is 0 Å². The van der Waals surface area contributed by atoms with Crippen molar-refractivity contribution in [2.45, 2.75) is 39.3 Å². The van der Waals surface area contributed by atoms with Crippen molar-refractivity contribution < 1.29 is 14.0 Å². The largest absolute Gasteiger partial charge is 0.472 e. The SMILES string of the molecule is CC(NC(=O)c1ccoc1)C(=O)N1CCC(N)C(C)(C)C1.Cl. The van der Waals surface area contributed by atoms with E-state index in [1.807, 2.05) is 0 Å².